The monoisotopic (exact) mass is 421 g/mol. The Morgan fingerprint density at radius 3 is 2.23 bits per heavy atom. The molecule has 150 valence electrons. The first-order chi connectivity index (χ1) is 14.5. The van der Waals surface area contributed by atoms with Crippen LogP contribution < -0.4 is 0 Å². The number of amides is 1. The minimum Gasteiger partial charge on any atom is -0.507 e. The lowest BCUT2D eigenvalue weighted by molar-refractivity contribution is -0.140. The zero-order valence-electron chi connectivity index (χ0n) is 15.8. The summed E-state index contributed by atoms with van der Waals surface area (Å²) in [5.41, 5.74) is 1.09. The Hall–Kier alpha value is -3.44. The standard InChI is InChI=1S/C24H17ClFNO3/c25-17-12-10-16(11-13-17)22(28)20-21(18-8-4-5-9-19(18)26)27(24(30)23(20)29)14-15-6-2-1-3-7-15/h1-13,21,28H,14H2. The Morgan fingerprint density at radius 2 is 1.57 bits per heavy atom. The van der Waals surface area contributed by atoms with E-state index in [1.54, 1.807) is 30.3 Å². The highest BCUT2D eigenvalue weighted by Crippen LogP contribution is 2.41. The molecule has 1 amide bonds. The molecule has 3 aromatic rings. The van der Waals surface area contributed by atoms with E-state index in [1.165, 1.54) is 23.1 Å². The lowest BCUT2D eigenvalue weighted by Gasteiger charge is -2.25. The normalized spacial score (nSPS) is 18.1. The smallest absolute Gasteiger partial charge is 0.295 e. The maximum absolute atomic E-state index is 14.7. The molecule has 0 spiro atoms. The van der Waals surface area contributed by atoms with Gasteiger partial charge in [-0.1, -0.05) is 60.1 Å². The quantitative estimate of drug-likeness (QED) is 0.362. The molecule has 4 nitrogen and oxygen atoms in total. The molecule has 1 aliphatic heterocycles. The lowest BCUT2D eigenvalue weighted by Crippen LogP contribution is -2.29. The Bertz CT molecular complexity index is 1140. The molecular weight excluding hydrogens is 405 g/mol. The van der Waals surface area contributed by atoms with E-state index in [-0.39, 0.29) is 23.4 Å². The summed E-state index contributed by atoms with van der Waals surface area (Å²) < 4.78 is 14.7. The van der Waals surface area contributed by atoms with Gasteiger partial charge in [0.1, 0.15) is 11.6 Å². The highest BCUT2D eigenvalue weighted by molar-refractivity contribution is 6.46. The third-order valence-corrected chi connectivity index (χ3v) is 5.31. The van der Waals surface area contributed by atoms with Gasteiger partial charge in [-0.2, -0.15) is 0 Å². The number of carbonyl (C=O) groups is 2. The van der Waals surface area contributed by atoms with E-state index < -0.39 is 23.5 Å². The van der Waals surface area contributed by atoms with Gasteiger partial charge in [0.15, 0.2) is 0 Å². The van der Waals surface area contributed by atoms with E-state index in [4.69, 9.17) is 11.6 Å². The minimum atomic E-state index is -1.05. The predicted octanol–water partition coefficient (Wildman–Crippen LogP) is 5.10. The zero-order valence-corrected chi connectivity index (χ0v) is 16.5. The molecular formula is C24H17ClFNO3. The van der Waals surface area contributed by atoms with Gasteiger partial charge in [0, 0.05) is 22.7 Å². The van der Waals surface area contributed by atoms with E-state index in [2.05, 4.69) is 0 Å². The van der Waals surface area contributed by atoms with Crippen LogP contribution in [0.3, 0.4) is 0 Å². The van der Waals surface area contributed by atoms with Gasteiger partial charge in [-0.25, -0.2) is 4.39 Å². The fraction of sp³-hybridized carbons (Fsp3) is 0.0833. The minimum absolute atomic E-state index is 0.0990. The Morgan fingerprint density at radius 1 is 0.933 bits per heavy atom. The molecule has 1 heterocycles. The van der Waals surface area contributed by atoms with E-state index in [0.717, 1.165) is 5.56 Å². The van der Waals surface area contributed by atoms with Gasteiger partial charge in [-0.05, 0) is 35.9 Å². The number of Topliss-reactive ketones (excluding diaryl/α,β-unsaturated/α-hetero) is 1. The molecule has 1 atom stereocenters. The molecule has 1 fully saturated rings. The molecule has 1 unspecified atom stereocenters. The highest BCUT2D eigenvalue weighted by Gasteiger charge is 2.46. The van der Waals surface area contributed by atoms with Crippen molar-refractivity contribution in [1.82, 2.24) is 4.90 Å². The van der Waals surface area contributed by atoms with Gasteiger partial charge in [0.25, 0.3) is 11.7 Å². The van der Waals surface area contributed by atoms with E-state index in [0.29, 0.717) is 10.6 Å². The fourth-order valence-corrected chi connectivity index (χ4v) is 3.73. The number of halogens is 2. The summed E-state index contributed by atoms with van der Waals surface area (Å²) in [4.78, 5) is 27.1. The summed E-state index contributed by atoms with van der Waals surface area (Å²) in [6, 6.07) is 20.2. The van der Waals surface area contributed by atoms with Gasteiger partial charge in [-0.3, -0.25) is 9.59 Å². The third-order valence-electron chi connectivity index (χ3n) is 5.05. The summed E-state index contributed by atoms with van der Waals surface area (Å²) in [5, 5.41) is 11.4. The van der Waals surface area contributed by atoms with Gasteiger partial charge in [0.2, 0.25) is 0 Å². The van der Waals surface area contributed by atoms with Crippen LogP contribution in [-0.4, -0.2) is 21.7 Å². The maximum Gasteiger partial charge on any atom is 0.295 e. The van der Waals surface area contributed by atoms with Crippen LogP contribution in [0.5, 0.6) is 0 Å². The highest BCUT2D eigenvalue weighted by atomic mass is 35.5. The molecule has 3 aromatic carbocycles. The van der Waals surface area contributed by atoms with Gasteiger partial charge in [-0.15, -0.1) is 0 Å². The van der Waals surface area contributed by atoms with E-state index in [9.17, 15) is 19.1 Å². The van der Waals surface area contributed by atoms with Crippen molar-refractivity contribution in [2.75, 3.05) is 0 Å². The summed E-state index contributed by atoms with van der Waals surface area (Å²) >= 11 is 5.91. The van der Waals surface area contributed by atoms with E-state index in [1.807, 2.05) is 30.3 Å². The second-order valence-electron chi connectivity index (χ2n) is 6.94. The van der Waals surface area contributed by atoms with Crippen molar-refractivity contribution in [2.45, 2.75) is 12.6 Å². The molecule has 0 aromatic heterocycles. The van der Waals surface area contributed by atoms with Crippen molar-refractivity contribution >= 4 is 29.1 Å². The van der Waals surface area contributed by atoms with Crippen LogP contribution in [0.15, 0.2) is 84.4 Å². The van der Waals surface area contributed by atoms with Crippen molar-refractivity contribution in [3.63, 3.8) is 0 Å². The molecule has 6 heteroatoms. The van der Waals surface area contributed by atoms with Gasteiger partial charge < -0.3 is 10.0 Å². The number of aliphatic hydroxyl groups excluding tert-OH is 1. The molecule has 0 radical (unpaired) electrons. The molecule has 0 aliphatic carbocycles. The number of likely N-dealkylation sites (tertiary alicyclic amines) is 1. The number of hydrogen-bond donors (Lipinski definition) is 1. The van der Waals surface area contributed by atoms with Crippen LogP contribution in [0.4, 0.5) is 4.39 Å². The number of aliphatic hydroxyl groups is 1. The average Bonchev–Trinajstić information content (AvgIpc) is 3.00. The van der Waals surface area contributed by atoms with Crippen molar-refractivity contribution < 1.29 is 19.1 Å². The SMILES string of the molecule is O=C1C(=O)N(Cc2ccccc2)C(c2ccccc2F)C1=C(O)c1ccc(Cl)cc1. The molecule has 0 saturated carbocycles. The topological polar surface area (TPSA) is 57.6 Å². The molecule has 4 rings (SSSR count). The predicted molar refractivity (Wildman–Crippen MR) is 112 cm³/mol. The maximum atomic E-state index is 14.7. The van der Waals surface area contributed by atoms with E-state index >= 15 is 0 Å². The Kier molecular flexibility index (Phi) is 5.38. The van der Waals surface area contributed by atoms with Crippen LogP contribution in [-0.2, 0) is 16.1 Å². The number of ketones is 1. The van der Waals surface area contributed by atoms with Crippen LogP contribution >= 0.6 is 11.6 Å². The summed E-state index contributed by atoms with van der Waals surface area (Å²) in [5.74, 6) is -2.58. The van der Waals surface area contributed by atoms with Crippen molar-refractivity contribution in [3.05, 3.63) is 112 Å². The van der Waals surface area contributed by atoms with Gasteiger partial charge in [0.05, 0.1) is 11.6 Å². The number of carbonyl (C=O) groups excluding carboxylic acids is 2. The zero-order chi connectivity index (χ0) is 21.3. The Labute approximate surface area is 177 Å². The summed E-state index contributed by atoms with van der Waals surface area (Å²) in [6.07, 6.45) is 0. The average molecular weight is 422 g/mol. The van der Waals surface area contributed by atoms with Crippen LogP contribution in [0, 0.1) is 5.82 Å². The first kappa shape index (κ1) is 19.9. The van der Waals surface area contributed by atoms with Crippen molar-refractivity contribution in [1.29, 1.82) is 0 Å². The van der Waals surface area contributed by atoms with Crippen molar-refractivity contribution in [2.24, 2.45) is 0 Å². The third kappa shape index (κ3) is 3.60. The number of hydrogen-bond acceptors (Lipinski definition) is 3. The second-order valence-corrected chi connectivity index (χ2v) is 7.38. The van der Waals surface area contributed by atoms with Crippen molar-refractivity contribution in [3.8, 4) is 0 Å². The molecule has 1 aliphatic rings. The number of rotatable bonds is 4. The van der Waals surface area contributed by atoms with Gasteiger partial charge >= 0.3 is 0 Å². The summed E-state index contributed by atoms with van der Waals surface area (Å²) in [6.45, 7) is 0.0990. The number of nitrogens with zero attached hydrogens (tertiary/aromatic N) is 1. The van der Waals surface area contributed by atoms with Crippen LogP contribution in [0.1, 0.15) is 22.7 Å². The van der Waals surface area contributed by atoms with Crippen LogP contribution in [0.25, 0.3) is 5.76 Å². The summed E-state index contributed by atoms with van der Waals surface area (Å²) in [7, 11) is 0. The molecule has 0 bridgehead atoms. The molecule has 1 saturated heterocycles. The molecule has 1 N–H and O–H groups in total. The Balaban J connectivity index is 1.88. The molecule has 30 heavy (non-hydrogen) atoms. The second kappa shape index (κ2) is 8.13. The lowest BCUT2D eigenvalue weighted by atomic mass is 9.95. The fourth-order valence-electron chi connectivity index (χ4n) is 3.61. The first-order valence-electron chi connectivity index (χ1n) is 9.30. The number of benzene rings is 3. The van der Waals surface area contributed by atoms with Crippen LogP contribution in [0.2, 0.25) is 5.02 Å². The first-order valence-corrected chi connectivity index (χ1v) is 9.68. The largest absolute Gasteiger partial charge is 0.507 e.